The summed E-state index contributed by atoms with van der Waals surface area (Å²) in [6, 6.07) is 14.8. The van der Waals surface area contributed by atoms with Crippen LogP contribution in [0.2, 0.25) is 0 Å². The molecule has 0 spiro atoms. The van der Waals surface area contributed by atoms with Crippen LogP contribution in [0.25, 0.3) is 22.3 Å². The number of aliphatic carboxylic acids is 1. The molecule has 6 rings (SSSR count). The smallest absolute Gasteiger partial charge is 0.303 e. The minimum atomic E-state index is -0.877. The Labute approximate surface area is 275 Å². The molecule has 2 aromatic heterocycles. The maximum Gasteiger partial charge on any atom is 0.303 e. The van der Waals surface area contributed by atoms with Crippen molar-refractivity contribution in [2.24, 2.45) is 0 Å². The number of nitrogens with zero attached hydrogens (tertiary/aromatic N) is 1. The molecule has 0 radical (unpaired) electrons. The number of carbonyl (C=O) groups excluding carboxylic acids is 2. The van der Waals surface area contributed by atoms with Gasteiger partial charge in [-0.2, -0.15) is 0 Å². The number of aryl methyl sites for hydroxylation is 1. The molecule has 1 amide bonds. The monoisotopic (exact) mass is 654 g/mol. The van der Waals surface area contributed by atoms with Crippen LogP contribution < -0.4 is 10.1 Å². The molecule has 9 nitrogen and oxygen atoms in total. The normalized spacial score (nSPS) is 17.7. The van der Waals surface area contributed by atoms with E-state index in [1.807, 2.05) is 24.3 Å². The number of fused-ring (bicyclic) bond motifs is 8. The molecule has 1 unspecified atom stereocenters. The van der Waals surface area contributed by atoms with Crippen LogP contribution in [0.5, 0.6) is 11.5 Å². The van der Waals surface area contributed by atoms with Crippen molar-refractivity contribution in [3.63, 3.8) is 0 Å². The van der Waals surface area contributed by atoms with E-state index in [0.717, 1.165) is 29.7 Å². The fraction of sp³-hybridized carbons (Fsp3) is 0.297. The number of H-pyrrole nitrogens is 2. The number of aromatic amines is 2. The first-order chi connectivity index (χ1) is 23.1. The van der Waals surface area contributed by atoms with Crippen LogP contribution in [0, 0.1) is 11.6 Å². The van der Waals surface area contributed by atoms with Crippen molar-refractivity contribution in [3.05, 3.63) is 101 Å². The molecule has 248 valence electrons. The molecule has 5 aromatic rings. The lowest BCUT2D eigenvalue weighted by atomic mass is 9.75. The molecule has 11 heteroatoms. The number of Topliss-reactive ketones (excluding diaryl/α,β-unsaturated/α-hetero) is 1. The molecule has 0 fully saturated rings. The molecule has 1 aliphatic heterocycles. The van der Waals surface area contributed by atoms with Crippen LogP contribution in [0.1, 0.15) is 67.8 Å². The van der Waals surface area contributed by atoms with Gasteiger partial charge in [0, 0.05) is 65.3 Å². The van der Waals surface area contributed by atoms with E-state index in [1.165, 1.54) is 24.3 Å². The van der Waals surface area contributed by atoms with Gasteiger partial charge in [-0.3, -0.25) is 14.4 Å². The van der Waals surface area contributed by atoms with Gasteiger partial charge in [0.1, 0.15) is 17.4 Å². The Balaban J connectivity index is 1.41. The van der Waals surface area contributed by atoms with Crippen LogP contribution in [-0.4, -0.2) is 44.3 Å². The average Bonchev–Trinajstić information content (AvgIpc) is 3.75. The van der Waals surface area contributed by atoms with Gasteiger partial charge in [0.25, 0.3) is 0 Å². The van der Waals surface area contributed by atoms with Crippen LogP contribution in [0.15, 0.2) is 67.0 Å². The first-order valence-corrected chi connectivity index (χ1v) is 16.0. The summed E-state index contributed by atoms with van der Waals surface area (Å²) >= 11 is 0. The second-order valence-electron chi connectivity index (χ2n) is 12.5. The zero-order chi connectivity index (χ0) is 33.8. The summed E-state index contributed by atoms with van der Waals surface area (Å²) in [4.78, 5) is 47.8. The number of imidazole rings is 1. The van der Waals surface area contributed by atoms with E-state index in [0.29, 0.717) is 35.7 Å². The number of benzene rings is 3. The Hall–Kier alpha value is -5.32. The third-order valence-electron chi connectivity index (χ3n) is 9.08. The molecular weight excluding hydrogens is 618 g/mol. The van der Waals surface area contributed by atoms with Gasteiger partial charge in [-0.05, 0) is 61.6 Å². The SMILES string of the molecule is CC1(c2cccc(CCC(=O)O)c2)CCCCCC(=O)NCC(=O)Cc2c(c(F)cc3[nH]ccc23)Oc2ccc(F)c(c2)-c2ncc1[nH]2. The Morgan fingerprint density at radius 3 is 2.73 bits per heavy atom. The van der Waals surface area contributed by atoms with Gasteiger partial charge in [-0.1, -0.05) is 37.1 Å². The maximum absolute atomic E-state index is 15.5. The Kier molecular flexibility index (Phi) is 9.38. The van der Waals surface area contributed by atoms with Crippen molar-refractivity contribution >= 4 is 28.6 Å². The first-order valence-electron chi connectivity index (χ1n) is 16.0. The fourth-order valence-corrected chi connectivity index (χ4v) is 6.36. The predicted octanol–water partition coefficient (Wildman–Crippen LogP) is 7.14. The molecule has 0 saturated heterocycles. The number of hydrogen-bond acceptors (Lipinski definition) is 5. The van der Waals surface area contributed by atoms with E-state index >= 15 is 8.78 Å². The second-order valence-corrected chi connectivity index (χ2v) is 12.5. The van der Waals surface area contributed by atoms with Crippen LogP contribution in [-0.2, 0) is 32.6 Å². The number of aromatic nitrogens is 3. The highest BCUT2D eigenvalue weighted by Gasteiger charge is 2.31. The highest BCUT2D eigenvalue weighted by atomic mass is 19.1. The molecule has 3 aromatic carbocycles. The Bertz CT molecular complexity index is 2000. The Morgan fingerprint density at radius 1 is 1.04 bits per heavy atom. The minimum Gasteiger partial charge on any atom is -0.481 e. The number of nitrogens with one attached hydrogen (secondary N) is 3. The average molecular weight is 655 g/mol. The number of carboxylic acids is 1. The van der Waals surface area contributed by atoms with E-state index in [1.54, 1.807) is 18.5 Å². The molecule has 3 heterocycles. The molecule has 0 saturated carbocycles. The van der Waals surface area contributed by atoms with E-state index in [-0.39, 0.29) is 60.4 Å². The van der Waals surface area contributed by atoms with Crippen LogP contribution in [0.3, 0.4) is 0 Å². The lowest BCUT2D eigenvalue weighted by molar-refractivity contribution is -0.137. The number of carboxylic acid groups (broad SMARTS) is 1. The van der Waals surface area contributed by atoms with E-state index in [9.17, 15) is 19.5 Å². The van der Waals surface area contributed by atoms with Crippen molar-refractivity contribution in [3.8, 4) is 22.9 Å². The number of amides is 1. The topological polar surface area (TPSA) is 137 Å². The van der Waals surface area contributed by atoms with Gasteiger partial charge >= 0.3 is 5.97 Å². The van der Waals surface area contributed by atoms with Crippen LogP contribution in [0.4, 0.5) is 8.78 Å². The molecule has 4 bridgehead atoms. The van der Waals surface area contributed by atoms with Crippen molar-refractivity contribution in [1.82, 2.24) is 20.3 Å². The highest BCUT2D eigenvalue weighted by molar-refractivity contribution is 5.93. The van der Waals surface area contributed by atoms with Gasteiger partial charge in [0.2, 0.25) is 5.91 Å². The van der Waals surface area contributed by atoms with E-state index in [4.69, 9.17) is 4.74 Å². The van der Waals surface area contributed by atoms with Gasteiger partial charge in [0.05, 0.1) is 12.1 Å². The third-order valence-corrected chi connectivity index (χ3v) is 9.08. The first kappa shape index (κ1) is 32.6. The maximum atomic E-state index is 15.5. The van der Waals surface area contributed by atoms with Crippen molar-refractivity contribution in [2.45, 2.75) is 63.7 Å². The van der Waals surface area contributed by atoms with Gasteiger partial charge < -0.3 is 25.1 Å². The minimum absolute atomic E-state index is 0.00413. The standard InChI is InChI=1S/C37H36F2N4O5/c1-37(23-7-5-6-22(16-23)9-12-34(46)47)14-4-2-3-8-33(45)41-20-24(44)17-27-26-13-15-40-31(26)19-30(39)35(27)48-25-10-11-29(38)28(18-25)36-42-21-32(37)43-36/h5-7,10-11,13,15-16,18-19,21,40H,2-4,8-9,12,14,17,20H2,1H3,(H,41,45)(H,42,43)(H,46,47). The number of ether oxygens (including phenoxy) is 1. The van der Waals surface area contributed by atoms with Crippen LogP contribution >= 0.6 is 0 Å². The Morgan fingerprint density at radius 2 is 1.90 bits per heavy atom. The molecule has 48 heavy (non-hydrogen) atoms. The summed E-state index contributed by atoms with van der Waals surface area (Å²) in [6.07, 6.45) is 6.50. The molecule has 1 aliphatic rings. The molecule has 1 atom stereocenters. The summed E-state index contributed by atoms with van der Waals surface area (Å²) in [7, 11) is 0. The summed E-state index contributed by atoms with van der Waals surface area (Å²) in [5.41, 5.74) is 2.86. The quantitative estimate of drug-likeness (QED) is 0.163. The number of hydrogen-bond donors (Lipinski definition) is 4. The van der Waals surface area contributed by atoms with Crippen molar-refractivity contribution < 1.29 is 33.0 Å². The fourth-order valence-electron chi connectivity index (χ4n) is 6.36. The van der Waals surface area contributed by atoms with E-state index < -0.39 is 23.0 Å². The van der Waals surface area contributed by atoms with Gasteiger partial charge in [0.15, 0.2) is 17.3 Å². The molecule has 4 N–H and O–H groups in total. The largest absolute Gasteiger partial charge is 0.481 e. The number of ketones is 1. The number of carbonyl (C=O) groups is 3. The van der Waals surface area contributed by atoms with Gasteiger partial charge in [-0.15, -0.1) is 0 Å². The highest BCUT2D eigenvalue weighted by Crippen LogP contribution is 2.39. The lowest BCUT2D eigenvalue weighted by Gasteiger charge is -2.30. The zero-order valence-corrected chi connectivity index (χ0v) is 26.5. The molecular formula is C37H36F2N4O5. The number of rotatable bonds is 4. The van der Waals surface area contributed by atoms with Crippen molar-refractivity contribution in [2.75, 3.05) is 6.54 Å². The summed E-state index contributed by atoms with van der Waals surface area (Å²) in [6.45, 7) is 1.85. The third kappa shape index (κ3) is 7.00. The van der Waals surface area contributed by atoms with E-state index in [2.05, 4.69) is 27.2 Å². The predicted molar refractivity (Wildman–Crippen MR) is 176 cm³/mol. The lowest BCUT2D eigenvalue weighted by Crippen LogP contribution is -2.30. The van der Waals surface area contributed by atoms with Gasteiger partial charge in [-0.25, -0.2) is 13.8 Å². The summed E-state index contributed by atoms with van der Waals surface area (Å²) in [5, 5.41) is 12.5. The second kappa shape index (κ2) is 13.8. The zero-order valence-electron chi connectivity index (χ0n) is 26.5. The van der Waals surface area contributed by atoms with Crippen molar-refractivity contribution in [1.29, 1.82) is 0 Å². The summed E-state index contributed by atoms with van der Waals surface area (Å²) < 4.78 is 36.9. The summed E-state index contributed by atoms with van der Waals surface area (Å²) in [5.74, 6) is -2.47. The molecule has 0 aliphatic carbocycles. The number of halogens is 2.